The van der Waals surface area contributed by atoms with Gasteiger partial charge in [0.2, 0.25) is 0 Å². The molecule has 2 nitrogen and oxygen atoms in total. The first kappa shape index (κ1) is 14.9. The third-order valence-corrected chi connectivity index (χ3v) is 7.67. The van der Waals surface area contributed by atoms with Gasteiger partial charge in [-0.25, -0.2) is 0 Å². The van der Waals surface area contributed by atoms with Crippen LogP contribution in [0.25, 0.3) is 0 Å². The predicted molar refractivity (Wildman–Crippen MR) is 87.5 cm³/mol. The van der Waals surface area contributed by atoms with Gasteiger partial charge in [-0.2, -0.15) is 0 Å². The zero-order valence-electron chi connectivity index (χ0n) is 14.1. The lowest BCUT2D eigenvalue weighted by molar-refractivity contribution is -0.122. The number of ketones is 1. The number of carbonyl (C=O) groups is 1. The SMILES string of the molecule is COCC1C[C@H]2C(=CC1=O)CC[C@@H]1[C@@H]2CC[C@]2(C)CCC[C@@H]12. The maximum absolute atomic E-state index is 12.3. The lowest BCUT2D eigenvalue weighted by Crippen LogP contribution is -2.45. The van der Waals surface area contributed by atoms with Crippen molar-refractivity contribution in [2.45, 2.75) is 58.3 Å². The molecule has 3 saturated carbocycles. The van der Waals surface area contributed by atoms with Crippen LogP contribution in [0.3, 0.4) is 0 Å². The van der Waals surface area contributed by atoms with E-state index in [0.717, 1.165) is 24.2 Å². The highest BCUT2D eigenvalue weighted by Gasteiger charge is 2.52. The molecule has 0 bridgehead atoms. The molecule has 6 atom stereocenters. The van der Waals surface area contributed by atoms with Crippen molar-refractivity contribution >= 4 is 5.78 Å². The normalized spacial score (nSPS) is 47.5. The van der Waals surface area contributed by atoms with Crippen molar-refractivity contribution in [1.82, 2.24) is 0 Å². The van der Waals surface area contributed by atoms with Crippen LogP contribution in [0.5, 0.6) is 0 Å². The monoisotopic (exact) mass is 302 g/mol. The molecule has 0 radical (unpaired) electrons. The van der Waals surface area contributed by atoms with Crippen molar-refractivity contribution in [3.8, 4) is 0 Å². The molecule has 22 heavy (non-hydrogen) atoms. The third-order valence-electron chi connectivity index (χ3n) is 7.67. The van der Waals surface area contributed by atoms with Crippen molar-refractivity contribution in [2.24, 2.45) is 35.0 Å². The highest BCUT2D eigenvalue weighted by molar-refractivity contribution is 5.93. The van der Waals surface area contributed by atoms with Gasteiger partial charge in [0.15, 0.2) is 5.78 Å². The van der Waals surface area contributed by atoms with Gasteiger partial charge in [-0.05, 0) is 80.1 Å². The number of allylic oxidation sites excluding steroid dienone is 1. The molecule has 0 amide bonds. The number of methoxy groups -OCH3 is 1. The summed E-state index contributed by atoms with van der Waals surface area (Å²) in [4.78, 5) is 12.3. The number of rotatable bonds is 2. The molecular formula is C20H30O2. The lowest BCUT2D eigenvalue weighted by Gasteiger charge is -2.53. The Hall–Kier alpha value is -0.630. The van der Waals surface area contributed by atoms with E-state index < -0.39 is 0 Å². The Labute approximate surface area is 134 Å². The Balaban J connectivity index is 1.59. The van der Waals surface area contributed by atoms with Crippen LogP contribution in [0.4, 0.5) is 0 Å². The lowest BCUT2D eigenvalue weighted by atomic mass is 9.52. The van der Waals surface area contributed by atoms with Crippen molar-refractivity contribution in [1.29, 1.82) is 0 Å². The number of hydrogen-bond donors (Lipinski definition) is 0. The summed E-state index contributed by atoms with van der Waals surface area (Å²) in [5.74, 6) is 3.87. The van der Waals surface area contributed by atoms with Crippen LogP contribution < -0.4 is 0 Å². The van der Waals surface area contributed by atoms with E-state index in [1.165, 1.54) is 50.5 Å². The number of ether oxygens (including phenoxy) is 1. The van der Waals surface area contributed by atoms with Crippen molar-refractivity contribution in [3.05, 3.63) is 11.6 Å². The maximum Gasteiger partial charge on any atom is 0.161 e. The van der Waals surface area contributed by atoms with Gasteiger partial charge >= 0.3 is 0 Å². The molecule has 0 saturated heterocycles. The topological polar surface area (TPSA) is 26.3 Å². The largest absolute Gasteiger partial charge is 0.384 e. The molecule has 0 aromatic heterocycles. The van der Waals surface area contributed by atoms with Gasteiger partial charge < -0.3 is 4.74 Å². The molecule has 0 heterocycles. The summed E-state index contributed by atoms with van der Waals surface area (Å²) in [6.45, 7) is 3.17. The van der Waals surface area contributed by atoms with Crippen LogP contribution in [0.2, 0.25) is 0 Å². The van der Waals surface area contributed by atoms with Gasteiger partial charge in [-0.15, -0.1) is 0 Å². The molecule has 4 rings (SSSR count). The quantitative estimate of drug-likeness (QED) is 0.756. The fourth-order valence-electron chi connectivity index (χ4n) is 6.60. The molecule has 0 spiro atoms. The predicted octanol–water partition coefficient (Wildman–Crippen LogP) is 4.39. The zero-order chi connectivity index (χ0) is 15.3. The molecular weight excluding hydrogens is 272 g/mol. The van der Waals surface area contributed by atoms with E-state index in [2.05, 4.69) is 6.92 Å². The minimum absolute atomic E-state index is 0.120. The standard InChI is InChI=1S/C20H30O2/c1-20-8-3-4-18(20)16-6-5-13-11-19(21)14(12-22-2)10-17(13)15(16)7-9-20/h11,14-18H,3-10,12H2,1-2H3/t14?,15-,16+,17-,18-,20-/m0/s1. The molecule has 3 fully saturated rings. The second-order valence-corrected chi connectivity index (χ2v) is 8.67. The van der Waals surface area contributed by atoms with Crippen molar-refractivity contribution < 1.29 is 9.53 Å². The molecule has 122 valence electrons. The van der Waals surface area contributed by atoms with E-state index in [4.69, 9.17) is 4.74 Å². The van der Waals surface area contributed by atoms with Gasteiger partial charge in [-0.1, -0.05) is 18.9 Å². The van der Waals surface area contributed by atoms with E-state index in [1.807, 2.05) is 6.08 Å². The Morgan fingerprint density at radius 2 is 2.09 bits per heavy atom. The second-order valence-electron chi connectivity index (χ2n) is 8.67. The van der Waals surface area contributed by atoms with E-state index >= 15 is 0 Å². The van der Waals surface area contributed by atoms with Crippen LogP contribution in [0.1, 0.15) is 58.3 Å². The number of hydrogen-bond acceptors (Lipinski definition) is 2. The van der Waals surface area contributed by atoms with Gasteiger partial charge in [-0.3, -0.25) is 4.79 Å². The highest BCUT2D eigenvalue weighted by atomic mass is 16.5. The molecule has 0 aromatic rings. The summed E-state index contributed by atoms with van der Waals surface area (Å²) in [5, 5.41) is 0. The van der Waals surface area contributed by atoms with Gasteiger partial charge in [0.1, 0.15) is 0 Å². The molecule has 0 aromatic carbocycles. The Morgan fingerprint density at radius 3 is 2.91 bits per heavy atom. The Bertz CT molecular complexity index is 494. The van der Waals surface area contributed by atoms with Crippen molar-refractivity contribution in [2.75, 3.05) is 13.7 Å². The van der Waals surface area contributed by atoms with Gasteiger partial charge in [0.25, 0.3) is 0 Å². The van der Waals surface area contributed by atoms with Crippen LogP contribution in [0.15, 0.2) is 11.6 Å². The molecule has 4 aliphatic rings. The average Bonchev–Trinajstić information content (AvgIpc) is 2.90. The van der Waals surface area contributed by atoms with Crippen molar-refractivity contribution in [3.63, 3.8) is 0 Å². The fraction of sp³-hybridized carbons (Fsp3) is 0.850. The van der Waals surface area contributed by atoms with Crippen LogP contribution >= 0.6 is 0 Å². The smallest absolute Gasteiger partial charge is 0.161 e. The Morgan fingerprint density at radius 1 is 1.23 bits per heavy atom. The minimum atomic E-state index is 0.120. The molecule has 0 aliphatic heterocycles. The second kappa shape index (κ2) is 5.47. The van der Waals surface area contributed by atoms with E-state index in [-0.39, 0.29) is 5.92 Å². The first-order valence-corrected chi connectivity index (χ1v) is 9.35. The molecule has 2 heteroatoms. The summed E-state index contributed by atoms with van der Waals surface area (Å²) in [5.41, 5.74) is 2.12. The first-order chi connectivity index (χ1) is 10.6. The van der Waals surface area contributed by atoms with E-state index in [0.29, 0.717) is 23.7 Å². The average molecular weight is 302 g/mol. The summed E-state index contributed by atoms with van der Waals surface area (Å²) in [6.07, 6.45) is 12.8. The molecule has 4 aliphatic carbocycles. The summed E-state index contributed by atoms with van der Waals surface area (Å²) < 4.78 is 5.30. The van der Waals surface area contributed by atoms with E-state index in [9.17, 15) is 4.79 Å². The summed E-state index contributed by atoms with van der Waals surface area (Å²) in [7, 11) is 1.72. The molecule has 0 N–H and O–H groups in total. The first-order valence-electron chi connectivity index (χ1n) is 9.35. The number of fused-ring (bicyclic) bond motifs is 5. The highest BCUT2D eigenvalue weighted by Crippen LogP contribution is 2.61. The Kier molecular flexibility index (Phi) is 3.71. The zero-order valence-corrected chi connectivity index (χ0v) is 14.1. The summed E-state index contributed by atoms with van der Waals surface area (Å²) in [6, 6.07) is 0. The fourth-order valence-corrected chi connectivity index (χ4v) is 6.60. The van der Waals surface area contributed by atoms with E-state index in [1.54, 1.807) is 7.11 Å². The van der Waals surface area contributed by atoms with Gasteiger partial charge in [0, 0.05) is 13.0 Å². The maximum atomic E-state index is 12.3. The van der Waals surface area contributed by atoms with Crippen LogP contribution in [-0.4, -0.2) is 19.5 Å². The van der Waals surface area contributed by atoms with Crippen LogP contribution in [0, 0.1) is 35.0 Å². The minimum Gasteiger partial charge on any atom is -0.384 e. The van der Waals surface area contributed by atoms with Gasteiger partial charge in [0.05, 0.1) is 6.61 Å². The van der Waals surface area contributed by atoms with Crippen LogP contribution in [-0.2, 0) is 9.53 Å². The summed E-state index contributed by atoms with van der Waals surface area (Å²) >= 11 is 0. The third kappa shape index (κ3) is 2.21. The number of carbonyl (C=O) groups excluding carboxylic acids is 1. The molecule has 1 unspecified atom stereocenters.